The number of carbonyl (C=O) groups excluding carboxylic acids is 1. The van der Waals surface area contributed by atoms with Crippen LogP contribution in [0.2, 0.25) is 0 Å². The first kappa shape index (κ1) is 26.1. The van der Waals surface area contributed by atoms with Crippen LogP contribution in [0.4, 0.5) is 25.8 Å². The maximum absolute atomic E-state index is 13.6. The molecule has 3 aromatic rings. The van der Waals surface area contributed by atoms with Gasteiger partial charge >= 0.3 is 0 Å². The number of hydrogen-bond acceptors (Lipinski definition) is 5. The van der Waals surface area contributed by atoms with Gasteiger partial charge in [-0.1, -0.05) is 6.07 Å². The van der Waals surface area contributed by atoms with Crippen LogP contribution in [0, 0.1) is 25.5 Å². The topological polar surface area (TPSA) is 113 Å². The highest BCUT2D eigenvalue weighted by molar-refractivity contribution is 7.92. The Kier molecular flexibility index (Phi) is 7.46. The van der Waals surface area contributed by atoms with Crippen LogP contribution in [0.5, 0.6) is 0 Å². The summed E-state index contributed by atoms with van der Waals surface area (Å²) in [4.78, 5) is 12.4. The monoisotopic (exact) mass is 523 g/mol. The fourth-order valence-corrected chi connectivity index (χ4v) is 5.01. The maximum atomic E-state index is 13.6. The van der Waals surface area contributed by atoms with Crippen LogP contribution >= 0.6 is 0 Å². The zero-order valence-corrected chi connectivity index (χ0v) is 20.7. The van der Waals surface area contributed by atoms with E-state index in [9.17, 15) is 30.4 Å². The van der Waals surface area contributed by atoms with Crippen LogP contribution in [0.15, 0.2) is 65.6 Å². The summed E-state index contributed by atoms with van der Waals surface area (Å²) in [6.45, 7) is 3.06. The molecule has 0 aliphatic carbocycles. The average Bonchev–Trinajstić information content (AvgIpc) is 2.76. The summed E-state index contributed by atoms with van der Waals surface area (Å²) in [6.07, 6.45) is 0.823. The van der Waals surface area contributed by atoms with Crippen molar-refractivity contribution < 1.29 is 30.4 Å². The number of halogens is 2. The van der Waals surface area contributed by atoms with Crippen molar-refractivity contribution in [2.24, 2.45) is 0 Å². The molecular weight excluding hydrogens is 500 g/mol. The molecule has 186 valence electrons. The van der Waals surface area contributed by atoms with E-state index in [-0.39, 0.29) is 16.3 Å². The summed E-state index contributed by atoms with van der Waals surface area (Å²) in [5.41, 5.74) is 2.34. The Balaban J connectivity index is 1.72. The van der Waals surface area contributed by atoms with E-state index in [0.29, 0.717) is 16.1 Å². The van der Waals surface area contributed by atoms with Gasteiger partial charge in [0.25, 0.3) is 10.0 Å². The van der Waals surface area contributed by atoms with Crippen LogP contribution in [0.25, 0.3) is 0 Å². The number of hydrogen-bond donors (Lipinski definition) is 2. The van der Waals surface area contributed by atoms with Gasteiger partial charge in [-0.05, 0) is 73.5 Å². The van der Waals surface area contributed by atoms with Crippen molar-refractivity contribution in [3.8, 4) is 0 Å². The Labute approximate surface area is 202 Å². The summed E-state index contributed by atoms with van der Waals surface area (Å²) < 4.78 is 79.5. The van der Waals surface area contributed by atoms with Gasteiger partial charge in [0, 0.05) is 17.4 Å². The zero-order chi connectivity index (χ0) is 26.0. The summed E-state index contributed by atoms with van der Waals surface area (Å²) >= 11 is 0. The van der Waals surface area contributed by atoms with Crippen molar-refractivity contribution in [3.05, 3.63) is 83.4 Å². The lowest BCUT2D eigenvalue weighted by atomic mass is 10.1. The van der Waals surface area contributed by atoms with Gasteiger partial charge in [0.15, 0.2) is 11.6 Å². The molecular formula is C23H23F2N3O5S2. The normalized spacial score (nSPS) is 11.7. The molecule has 0 unspecified atom stereocenters. The Hall–Kier alpha value is -3.51. The van der Waals surface area contributed by atoms with Crippen LogP contribution in [-0.4, -0.2) is 35.5 Å². The first-order valence-corrected chi connectivity index (χ1v) is 13.5. The van der Waals surface area contributed by atoms with E-state index in [4.69, 9.17) is 0 Å². The zero-order valence-electron chi connectivity index (χ0n) is 19.0. The van der Waals surface area contributed by atoms with Crippen LogP contribution in [0.1, 0.15) is 11.1 Å². The fraction of sp³-hybridized carbons (Fsp3) is 0.174. The average molecular weight is 524 g/mol. The Morgan fingerprint density at radius 1 is 0.829 bits per heavy atom. The highest BCUT2D eigenvalue weighted by Gasteiger charge is 2.22. The molecule has 35 heavy (non-hydrogen) atoms. The third-order valence-corrected chi connectivity index (χ3v) is 7.62. The second-order valence-corrected chi connectivity index (χ2v) is 11.4. The number of carbonyl (C=O) groups is 1. The van der Waals surface area contributed by atoms with Crippen LogP contribution < -0.4 is 14.3 Å². The molecule has 0 aromatic heterocycles. The smallest absolute Gasteiger partial charge is 0.261 e. The Bertz CT molecular complexity index is 1480. The molecule has 0 heterocycles. The van der Waals surface area contributed by atoms with Gasteiger partial charge in [0.05, 0.1) is 16.8 Å². The van der Waals surface area contributed by atoms with E-state index in [1.165, 1.54) is 24.3 Å². The maximum Gasteiger partial charge on any atom is 0.261 e. The molecule has 2 N–H and O–H groups in total. The van der Waals surface area contributed by atoms with Gasteiger partial charge in [-0.25, -0.2) is 25.6 Å². The molecule has 0 spiro atoms. The lowest BCUT2D eigenvalue weighted by Crippen LogP contribution is -2.37. The molecule has 3 aromatic carbocycles. The van der Waals surface area contributed by atoms with Crippen molar-refractivity contribution in [1.82, 2.24) is 0 Å². The first-order chi connectivity index (χ1) is 16.3. The molecule has 0 saturated carbocycles. The predicted octanol–water partition coefficient (Wildman–Crippen LogP) is 3.79. The molecule has 12 heteroatoms. The van der Waals surface area contributed by atoms with Crippen LogP contribution in [-0.2, 0) is 24.8 Å². The lowest BCUT2D eigenvalue weighted by Gasteiger charge is -2.22. The minimum absolute atomic E-state index is 0.0479. The number of anilines is 3. The molecule has 1 amide bonds. The SMILES string of the molecule is Cc1ccc(NS(=O)(=O)c2ccc(NC(=O)CN(c3ccc(F)c(F)c3)S(C)(=O)=O)cc2)cc1C. The quantitative estimate of drug-likeness (QED) is 0.467. The van der Waals surface area contributed by atoms with Crippen molar-refractivity contribution >= 4 is 43.0 Å². The molecule has 8 nitrogen and oxygen atoms in total. The number of amides is 1. The molecule has 0 radical (unpaired) electrons. The van der Waals surface area contributed by atoms with E-state index in [1.807, 2.05) is 13.8 Å². The van der Waals surface area contributed by atoms with Crippen molar-refractivity contribution in [2.45, 2.75) is 18.7 Å². The second kappa shape index (κ2) is 10.0. The Morgan fingerprint density at radius 2 is 1.46 bits per heavy atom. The molecule has 3 rings (SSSR count). The minimum Gasteiger partial charge on any atom is -0.325 e. The number of aryl methyl sites for hydroxylation is 2. The summed E-state index contributed by atoms with van der Waals surface area (Å²) in [5, 5.41) is 2.45. The van der Waals surface area contributed by atoms with E-state index >= 15 is 0 Å². The standard InChI is InChI=1S/C23H23F2N3O5S2/c1-15-4-5-18(12-16(15)2)27-35(32,33)20-9-6-17(7-10-20)26-23(29)14-28(34(3,30)31)19-8-11-21(24)22(25)13-19/h4-13,27H,14H2,1-3H3,(H,26,29). The van der Waals surface area contributed by atoms with Gasteiger partial charge in [0.2, 0.25) is 15.9 Å². The van der Waals surface area contributed by atoms with Gasteiger partial charge in [0.1, 0.15) is 6.54 Å². The number of rotatable bonds is 8. The number of benzene rings is 3. The highest BCUT2D eigenvalue weighted by Crippen LogP contribution is 2.22. The van der Waals surface area contributed by atoms with Gasteiger partial charge in [-0.15, -0.1) is 0 Å². The number of sulfonamides is 2. The molecule has 0 atom stereocenters. The minimum atomic E-state index is -4.00. The number of nitrogens with one attached hydrogen (secondary N) is 2. The summed E-state index contributed by atoms with van der Waals surface area (Å²) in [7, 11) is -7.89. The summed E-state index contributed by atoms with van der Waals surface area (Å²) in [6, 6.07) is 12.9. The third kappa shape index (κ3) is 6.55. The van der Waals surface area contributed by atoms with Gasteiger partial charge in [-0.3, -0.25) is 13.8 Å². The van der Waals surface area contributed by atoms with Gasteiger partial charge < -0.3 is 5.32 Å². The highest BCUT2D eigenvalue weighted by atomic mass is 32.2. The van der Waals surface area contributed by atoms with Crippen molar-refractivity contribution in [2.75, 3.05) is 27.1 Å². The van der Waals surface area contributed by atoms with Crippen LogP contribution in [0.3, 0.4) is 0 Å². The van der Waals surface area contributed by atoms with Crippen molar-refractivity contribution in [3.63, 3.8) is 0 Å². The molecule has 0 bridgehead atoms. The fourth-order valence-electron chi connectivity index (χ4n) is 3.11. The lowest BCUT2D eigenvalue weighted by molar-refractivity contribution is -0.114. The third-order valence-electron chi connectivity index (χ3n) is 5.09. The largest absolute Gasteiger partial charge is 0.325 e. The first-order valence-electron chi connectivity index (χ1n) is 10.2. The second-order valence-electron chi connectivity index (χ2n) is 7.85. The van der Waals surface area contributed by atoms with E-state index in [0.717, 1.165) is 29.5 Å². The van der Waals surface area contributed by atoms with Crippen molar-refractivity contribution in [1.29, 1.82) is 0 Å². The molecule has 0 saturated heterocycles. The Morgan fingerprint density at radius 3 is 2.03 bits per heavy atom. The van der Waals surface area contributed by atoms with E-state index in [1.54, 1.807) is 18.2 Å². The molecule has 0 aliphatic rings. The van der Waals surface area contributed by atoms with E-state index in [2.05, 4.69) is 10.0 Å². The van der Waals surface area contributed by atoms with Gasteiger partial charge in [-0.2, -0.15) is 0 Å². The predicted molar refractivity (Wildman–Crippen MR) is 130 cm³/mol. The number of nitrogens with zero attached hydrogens (tertiary/aromatic N) is 1. The molecule has 0 aliphatic heterocycles. The van der Waals surface area contributed by atoms with E-state index < -0.39 is 44.1 Å². The summed E-state index contributed by atoms with van der Waals surface area (Å²) in [5.74, 6) is -3.19. The molecule has 0 fully saturated rings.